The van der Waals surface area contributed by atoms with Gasteiger partial charge >= 0.3 is 0 Å². The zero-order chi connectivity index (χ0) is 20.5. The first-order valence-electron chi connectivity index (χ1n) is 9.08. The van der Waals surface area contributed by atoms with Gasteiger partial charge < -0.3 is 14.8 Å². The van der Waals surface area contributed by atoms with Crippen LogP contribution in [0.5, 0.6) is 11.5 Å². The van der Waals surface area contributed by atoms with Crippen molar-refractivity contribution in [3.63, 3.8) is 0 Å². The van der Waals surface area contributed by atoms with E-state index < -0.39 is 0 Å². The number of benzene rings is 2. The van der Waals surface area contributed by atoms with Gasteiger partial charge in [0.25, 0.3) is 5.91 Å². The fourth-order valence-electron chi connectivity index (χ4n) is 2.67. The van der Waals surface area contributed by atoms with Gasteiger partial charge in [-0.3, -0.25) is 15.6 Å². The van der Waals surface area contributed by atoms with E-state index in [9.17, 15) is 4.79 Å². The average molecular weight is 402 g/mol. The summed E-state index contributed by atoms with van der Waals surface area (Å²) >= 11 is 5.15. The summed E-state index contributed by atoms with van der Waals surface area (Å²) in [6.07, 6.45) is 0. The van der Waals surface area contributed by atoms with Gasteiger partial charge in [0.05, 0.1) is 7.11 Å². The second kappa shape index (κ2) is 10.5. The van der Waals surface area contributed by atoms with Gasteiger partial charge in [-0.1, -0.05) is 32.0 Å². The second-order valence-corrected chi connectivity index (χ2v) is 7.07. The number of ether oxygens (including phenoxy) is 2. The molecule has 2 aromatic carbocycles. The number of carbonyl (C=O) groups excluding carboxylic acids is 1. The standard InChI is InChI=1S/C21H27N3O3S/c1-14(2)19-10-9-18(11-15(19)3)27-13-20(25)23-24-21(28)22-12-16-5-7-17(26-4)8-6-16/h5-11,14H,12-13H2,1-4H3,(H,23,25)(H2,22,24,28). The summed E-state index contributed by atoms with van der Waals surface area (Å²) in [5.74, 6) is 1.59. The van der Waals surface area contributed by atoms with Crippen LogP contribution in [0.25, 0.3) is 0 Å². The first-order valence-corrected chi connectivity index (χ1v) is 9.49. The lowest BCUT2D eigenvalue weighted by Crippen LogP contribution is -2.48. The SMILES string of the molecule is COc1ccc(CNC(=S)NNC(=O)COc2ccc(C(C)C)c(C)c2)cc1. The minimum atomic E-state index is -0.320. The zero-order valence-corrected chi connectivity index (χ0v) is 17.5. The molecule has 6 nitrogen and oxygen atoms in total. The highest BCUT2D eigenvalue weighted by Crippen LogP contribution is 2.23. The summed E-state index contributed by atoms with van der Waals surface area (Å²) in [5.41, 5.74) is 8.64. The third-order valence-corrected chi connectivity index (χ3v) is 4.41. The van der Waals surface area contributed by atoms with Crippen molar-refractivity contribution in [3.8, 4) is 11.5 Å². The zero-order valence-electron chi connectivity index (χ0n) is 16.7. The van der Waals surface area contributed by atoms with Gasteiger partial charge in [-0.25, -0.2) is 0 Å². The molecule has 150 valence electrons. The van der Waals surface area contributed by atoms with E-state index in [1.54, 1.807) is 7.11 Å². The topological polar surface area (TPSA) is 71.6 Å². The molecule has 1 amide bonds. The van der Waals surface area contributed by atoms with Crippen LogP contribution in [0.3, 0.4) is 0 Å². The maximum Gasteiger partial charge on any atom is 0.276 e. The Balaban J connectivity index is 1.70. The van der Waals surface area contributed by atoms with Crippen LogP contribution in [0.2, 0.25) is 0 Å². The molecule has 0 saturated carbocycles. The van der Waals surface area contributed by atoms with E-state index in [0.717, 1.165) is 16.9 Å². The van der Waals surface area contributed by atoms with E-state index in [4.69, 9.17) is 21.7 Å². The number of aryl methyl sites for hydroxylation is 1. The quantitative estimate of drug-likeness (QED) is 0.489. The first kappa shape index (κ1) is 21.5. The van der Waals surface area contributed by atoms with Crippen molar-refractivity contribution in [1.82, 2.24) is 16.2 Å². The van der Waals surface area contributed by atoms with Crippen LogP contribution in [0.15, 0.2) is 42.5 Å². The molecule has 0 unspecified atom stereocenters. The highest BCUT2D eigenvalue weighted by atomic mass is 32.1. The Morgan fingerprint density at radius 3 is 2.36 bits per heavy atom. The summed E-state index contributed by atoms with van der Waals surface area (Å²) in [5, 5.41) is 3.33. The molecule has 2 rings (SSSR count). The van der Waals surface area contributed by atoms with E-state index >= 15 is 0 Å². The lowest BCUT2D eigenvalue weighted by Gasteiger charge is -2.14. The number of rotatable bonds is 7. The Morgan fingerprint density at radius 1 is 1.07 bits per heavy atom. The van der Waals surface area contributed by atoms with Gasteiger partial charge in [0.2, 0.25) is 0 Å². The molecule has 0 aliphatic heterocycles. The summed E-state index contributed by atoms with van der Waals surface area (Å²) in [4.78, 5) is 11.9. The van der Waals surface area contributed by atoms with E-state index in [-0.39, 0.29) is 12.5 Å². The maximum absolute atomic E-state index is 11.9. The fraction of sp³-hybridized carbons (Fsp3) is 0.333. The number of methoxy groups -OCH3 is 1. The minimum absolute atomic E-state index is 0.103. The number of hydrazine groups is 1. The van der Waals surface area contributed by atoms with Crippen LogP contribution in [0.1, 0.15) is 36.5 Å². The van der Waals surface area contributed by atoms with Crippen molar-refractivity contribution in [2.45, 2.75) is 33.2 Å². The normalized spacial score (nSPS) is 10.3. The highest BCUT2D eigenvalue weighted by Gasteiger charge is 2.07. The first-order chi connectivity index (χ1) is 13.4. The Morgan fingerprint density at radius 2 is 1.75 bits per heavy atom. The van der Waals surface area contributed by atoms with Crippen molar-refractivity contribution in [2.24, 2.45) is 0 Å². The number of hydrogen-bond acceptors (Lipinski definition) is 4. The third-order valence-electron chi connectivity index (χ3n) is 4.16. The highest BCUT2D eigenvalue weighted by molar-refractivity contribution is 7.80. The number of thiocarbonyl (C=S) groups is 1. The Hall–Kier alpha value is -2.80. The lowest BCUT2D eigenvalue weighted by molar-refractivity contribution is -0.123. The van der Waals surface area contributed by atoms with Crippen LogP contribution in [-0.2, 0) is 11.3 Å². The van der Waals surface area contributed by atoms with Crippen LogP contribution in [-0.4, -0.2) is 24.7 Å². The molecule has 3 N–H and O–H groups in total. The summed E-state index contributed by atoms with van der Waals surface area (Å²) in [7, 11) is 1.63. The third kappa shape index (κ3) is 6.74. The predicted molar refractivity (Wildman–Crippen MR) is 114 cm³/mol. The summed E-state index contributed by atoms with van der Waals surface area (Å²) < 4.78 is 10.7. The van der Waals surface area contributed by atoms with Crippen molar-refractivity contribution in [1.29, 1.82) is 0 Å². The van der Waals surface area contributed by atoms with Gasteiger partial charge in [0, 0.05) is 6.54 Å². The summed E-state index contributed by atoms with van der Waals surface area (Å²) in [6, 6.07) is 13.5. The largest absolute Gasteiger partial charge is 0.497 e. The van der Waals surface area contributed by atoms with Crippen molar-refractivity contribution in [2.75, 3.05) is 13.7 Å². The van der Waals surface area contributed by atoms with E-state index in [1.807, 2.05) is 49.4 Å². The molecule has 0 saturated heterocycles. The molecule has 0 atom stereocenters. The molecule has 0 aliphatic rings. The lowest BCUT2D eigenvalue weighted by atomic mass is 9.98. The van der Waals surface area contributed by atoms with Crippen LogP contribution < -0.4 is 25.6 Å². The van der Waals surface area contributed by atoms with Gasteiger partial charge in [-0.15, -0.1) is 0 Å². The molecule has 28 heavy (non-hydrogen) atoms. The van der Waals surface area contributed by atoms with E-state index in [0.29, 0.717) is 23.3 Å². The van der Waals surface area contributed by atoms with Crippen LogP contribution >= 0.6 is 12.2 Å². The minimum Gasteiger partial charge on any atom is -0.497 e. The van der Waals surface area contributed by atoms with Crippen molar-refractivity contribution < 1.29 is 14.3 Å². The molecule has 2 aromatic rings. The molecule has 0 radical (unpaired) electrons. The Bertz CT molecular complexity index is 807. The van der Waals surface area contributed by atoms with Crippen molar-refractivity contribution >= 4 is 23.2 Å². The predicted octanol–water partition coefficient (Wildman–Crippen LogP) is 3.20. The molecular weight excluding hydrogens is 374 g/mol. The van der Waals surface area contributed by atoms with E-state index in [1.165, 1.54) is 5.56 Å². The molecule has 7 heteroatoms. The van der Waals surface area contributed by atoms with Gasteiger partial charge in [0.1, 0.15) is 11.5 Å². The van der Waals surface area contributed by atoms with E-state index in [2.05, 4.69) is 30.0 Å². The molecule has 0 aromatic heterocycles. The fourth-order valence-corrected chi connectivity index (χ4v) is 2.79. The molecule has 0 fully saturated rings. The molecule has 0 bridgehead atoms. The Kier molecular flexibility index (Phi) is 8.07. The number of nitrogens with one attached hydrogen (secondary N) is 3. The van der Waals surface area contributed by atoms with Crippen LogP contribution in [0.4, 0.5) is 0 Å². The van der Waals surface area contributed by atoms with Gasteiger partial charge in [0.15, 0.2) is 11.7 Å². The van der Waals surface area contributed by atoms with Gasteiger partial charge in [-0.05, 0) is 66.0 Å². The number of hydrogen-bond donors (Lipinski definition) is 3. The summed E-state index contributed by atoms with van der Waals surface area (Å²) in [6.45, 7) is 6.76. The van der Waals surface area contributed by atoms with Gasteiger partial charge in [-0.2, -0.15) is 0 Å². The average Bonchev–Trinajstić information content (AvgIpc) is 2.69. The maximum atomic E-state index is 11.9. The van der Waals surface area contributed by atoms with Crippen LogP contribution in [0, 0.1) is 6.92 Å². The second-order valence-electron chi connectivity index (χ2n) is 6.67. The molecule has 0 heterocycles. The Labute approximate surface area is 171 Å². The molecule has 0 spiro atoms. The molecule has 0 aliphatic carbocycles. The smallest absolute Gasteiger partial charge is 0.276 e. The van der Waals surface area contributed by atoms with Crippen molar-refractivity contribution in [3.05, 3.63) is 59.2 Å². The number of amides is 1. The molecular formula is C21H27N3O3S. The monoisotopic (exact) mass is 401 g/mol. The number of carbonyl (C=O) groups is 1.